The smallest absolute Gasteiger partial charge is 0.406 e. The fourth-order valence-corrected chi connectivity index (χ4v) is 5.02. The van der Waals surface area contributed by atoms with Crippen LogP contribution in [-0.2, 0) is 4.74 Å². The van der Waals surface area contributed by atoms with E-state index in [1.54, 1.807) is 15.7 Å². The number of halogens is 3. The van der Waals surface area contributed by atoms with Gasteiger partial charge in [-0.3, -0.25) is 14.3 Å². The van der Waals surface area contributed by atoms with Crippen LogP contribution in [0, 0.1) is 0 Å². The number of imidazole rings is 1. The number of aromatic amines is 1. The number of likely N-dealkylation sites (tertiary alicyclic amines) is 1. The number of hydrogen-bond donors (Lipinski definition) is 3. The van der Waals surface area contributed by atoms with Crippen molar-refractivity contribution in [1.82, 2.24) is 19.4 Å². The number of anilines is 2. The minimum atomic E-state index is -4.86. The minimum absolute atomic E-state index is 0.0859. The van der Waals surface area contributed by atoms with Crippen molar-refractivity contribution in [2.45, 2.75) is 31.3 Å². The van der Waals surface area contributed by atoms with Gasteiger partial charge in [-0.05, 0) is 31.0 Å². The van der Waals surface area contributed by atoms with E-state index in [0.29, 0.717) is 56.8 Å². The Hall–Kier alpha value is -3.78. The van der Waals surface area contributed by atoms with Gasteiger partial charge in [0, 0.05) is 44.0 Å². The number of alkyl halides is 3. The number of fused-ring (bicyclic) bond motifs is 1. The van der Waals surface area contributed by atoms with Gasteiger partial charge in [0.05, 0.1) is 42.3 Å². The van der Waals surface area contributed by atoms with Gasteiger partial charge in [-0.2, -0.15) is 0 Å². The standard InChI is InChI=1S/C24H27F3N6O5/c25-24(26,27)38-16-1-2-18(19(28)10-16)22(35)31-5-3-14(4-6-31)33-20-9-15(11-29-21(20)30-23(33)36)32-7-8-37-17(12-32)13-34/h1-2,9-11,14,17,34H,3-8,12-13,28H2,(H,29,30,36)/t17-/m1/s1. The number of morpholine rings is 1. The van der Waals surface area contributed by atoms with Crippen molar-refractivity contribution < 1.29 is 32.5 Å². The minimum Gasteiger partial charge on any atom is -0.406 e. The number of benzene rings is 1. The Kier molecular flexibility index (Phi) is 6.92. The summed E-state index contributed by atoms with van der Waals surface area (Å²) in [4.78, 5) is 36.7. The number of piperidine rings is 1. The number of amides is 1. The second kappa shape index (κ2) is 10.2. The molecule has 2 aromatic heterocycles. The summed E-state index contributed by atoms with van der Waals surface area (Å²) in [5, 5.41) is 9.45. The molecule has 4 heterocycles. The molecule has 0 spiro atoms. The summed E-state index contributed by atoms with van der Waals surface area (Å²) in [6, 6.07) is 4.95. The number of ether oxygens (including phenoxy) is 2. The van der Waals surface area contributed by atoms with Crippen molar-refractivity contribution in [3.63, 3.8) is 0 Å². The van der Waals surface area contributed by atoms with Gasteiger partial charge >= 0.3 is 12.1 Å². The number of aromatic nitrogens is 3. The average molecular weight is 537 g/mol. The number of hydrogen-bond acceptors (Lipinski definition) is 8. The van der Waals surface area contributed by atoms with Gasteiger partial charge in [-0.15, -0.1) is 13.2 Å². The topological polar surface area (TPSA) is 139 Å². The highest BCUT2D eigenvalue weighted by Gasteiger charge is 2.32. The summed E-state index contributed by atoms with van der Waals surface area (Å²) < 4.78 is 48.4. The van der Waals surface area contributed by atoms with E-state index in [9.17, 15) is 27.9 Å². The van der Waals surface area contributed by atoms with Crippen LogP contribution in [-0.4, -0.2) is 82.3 Å². The first kappa shape index (κ1) is 25.9. The van der Waals surface area contributed by atoms with Crippen molar-refractivity contribution in [2.75, 3.05) is 50.0 Å². The summed E-state index contributed by atoms with van der Waals surface area (Å²) in [7, 11) is 0. The van der Waals surface area contributed by atoms with E-state index >= 15 is 0 Å². The highest BCUT2D eigenvalue weighted by Crippen LogP contribution is 2.30. The van der Waals surface area contributed by atoms with Gasteiger partial charge in [0.1, 0.15) is 5.75 Å². The summed E-state index contributed by atoms with van der Waals surface area (Å²) in [6.45, 7) is 2.18. The maximum absolute atomic E-state index is 13.0. The number of pyridine rings is 1. The van der Waals surface area contributed by atoms with E-state index in [0.717, 1.165) is 17.8 Å². The van der Waals surface area contributed by atoms with E-state index in [1.165, 1.54) is 6.07 Å². The monoisotopic (exact) mass is 536 g/mol. The van der Waals surface area contributed by atoms with Crippen LogP contribution in [0.3, 0.4) is 0 Å². The van der Waals surface area contributed by atoms with E-state index in [2.05, 4.69) is 19.6 Å². The van der Waals surface area contributed by atoms with Gasteiger partial charge in [-0.1, -0.05) is 0 Å². The van der Waals surface area contributed by atoms with Crippen molar-refractivity contribution in [3.05, 3.63) is 46.5 Å². The number of H-pyrrole nitrogens is 1. The number of nitrogens with one attached hydrogen (secondary N) is 1. The second-order valence-electron chi connectivity index (χ2n) is 9.30. The van der Waals surface area contributed by atoms with E-state index in [-0.39, 0.29) is 35.7 Å². The lowest BCUT2D eigenvalue weighted by Gasteiger charge is -2.34. The summed E-state index contributed by atoms with van der Waals surface area (Å²) >= 11 is 0. The average Bonchev–Trinajstić information content (AvgIpc) is 3.22. The SMILES string of the molecule is Nc1cc(OC(F)(F)F)ccc1C(=O)N1CCC(n2c(=O)[nH]c3ncc(N4CCO[C@@H](CO)C4)cc32)CC1. The largest absolute Gasteiger partial charge is 0.573 e. The zero-order valence-electron chi connectivity index (χ0n) is 20.3. The quantitative estimate of drug-likeness (QED) is 0.420. The fraction of sp³-hybridized carbons (Fsp3) is 0.458. The van der Waals surface area contributed by atoms with Crippen LogP contribution in [0.1, 0.15) is 29.2 Å². The third-order valence-corrected chi connectivity index (χ3v) is 6.87. The number of nitrogens with two attached hydrogens (primary N) is 1. The van der Waals surface area contributed by atoms with Gasteiger partial charge in [0.2, 0.25) is 0 Å². The Balaban J connectivity index is 1.30. The number of aliphatic hydroxyl groups excluding tert-OH is 1. The molecule has 11 nitrogen and oxygen atoms in total. The lowest BCUT2D eigenvalue weighted by Crippen LogP contribution is -2.44. The Morgan fingerprint density at radius 1 is 1.24 bits per heavy atom. The molecule has 3 aromatic rings. The van der Waals surface area contributed by atoms with Gasteiger partial charge < -0.3 is 30.1 Å². The van der Waals surface area contributed by atoms with Crippen LogP contribution >= 0.6 is 0 Å². The lowest BCUT2D eigenvalue weighted by atomic mass is 10.0. The summed E-state index contributed by atoms with van der Waals surface area (Å²) in [5.74, 6) is -0.901. The number of carbonyl (C=O) groups is 1. The number of rotatable bonds is 5. The molecule has 0 aliphatic carbocycles. The van der Waals surface area contributed by atoms with Crippen LogP contribution in [0.25, 0.3) is 11.2 Å². The molecule has 2 saturated heterocycles. The molecular weight excluding hydrogens is 509 g/mol. The zero-order valence-corrected chi connectivity index (χ0v) is 20.3. The maximum atomic E-state index is 13.0. The van der Waals surface area contributed by atoms with Crippen LogP contribution in [0.5, 0.6) is 5.75 Å². The lowest BCUT2D eigenvalue weighted by molar-refractivity contribution is -0.274. The van der Waals surface area contributed by atoms with Crippen LogP contribution < -0.4 is 21.1 Å². The number of carbonyl (C=O) groups excluding carboxylic acids is 1. The molecule has 38 heavy (non-hydrogen) atoms. The molecule has 4 N–H and O–H groups in total. The summed E-state index contributed by atoms with van der Waals surface area (Å²) in [5.41, 5.74) is 7.44. The number of nitrogen functional groups attached to an aromatic ring is 1. The van der Waals surface area contributed by atoms with Crippen molar-refractivity contribution in [3.8, 4) is 5.75 Å². The molecule has 2 fully saturated rings. The molecule has 204 valence electrons. The molecule has 0 saturated carbocycles. The zero-order chi connectivity index (χ0) is 27.0. The molecule has 0 radical (unpaired) electrons. The van der Waals surface area contributed by atoms with E-state index in [1.807, 2.05) is 6.07 Å². The third kappa shape index (κ3) is 5.27. The van der Waals surface area contributed by atoms with Gasteiger partial charge in [0.25, 0.3) is 5.91 Å². The summed E-state index contributed by atoms with van der Waals surface area (Å²) in [6.07, 6.45) is -2.50. The first-order valence-corrected chi connectivity index (χ1v) is 12.1. The third-order valence-electron chi connectivity index (χ3n) is 6.87. The van der Waals surface area contributed by atoms with E-state index in [4.69, 9.17) is 10.5 Å². The number of aliphatic hydroxyl groups is 1. The highest BCUT2D eigenvalue weighted by atomic mass is 19.4. The molecule has 0 bridgehead atoms. The van der Waals surface area contributed by atoms with Crippen LogP contribution in [0.4, 0.5) is 24.5 Å². The first-order valence-electron chi connectivity index (χ1n) is 12.1. The Labute approximate surface area is 214 Å². The fourth-order valence-electron chi connectivity index (χ4n) is 5.02. The predicted molar refractivity (Wildman–Crippen MR) is 131 cm³/mol. The second-order valence-corrected chi connectivity index (χ2v) is 9.30. The highest BCUT2D eigenvalue weighted by molar-refractivity contribution is 5.99. The molecule has 14 heteroatoms. The Bertz CT molecular complexity index is 1380. The molecule has 1 amide bonds. The van der Waals surface area contributed by atoms with Crippen LogP contribution in [0.2, 0.25) is 0 Å². The Morgan fingerprint density at radius 2 is 2.00 bits per heavy atom. The van der Waals surface area contributed by atoms with Crippen molar-refractivity contribution in [2.24, 2.45) is 0 Å². The predicted octanol–water partition coefficient (Wildman–Crippen LogP) is 1.88. The van der Waals surface area contributed by atoms with Crippen molar-refractivity contribution >= 4 is 28.4 Å². The molecular formula is C24H27F3N6O5. The molecule has 0 unspecified atom stereocenters. The first-order chi connectivity index (χ1) is 18.1. The van der Waals surface area contributed by atoms with Crippen LogP contribution in [0.15, 0.2) is 35.3 Å². The maximum Gasteiger partial charge on any atom is 0.573 e. The molecule has 5 rings (SSSR count). The van der Waals surface area contributed by atoms with Crippen molar-refractivity contribution in [1.29, 1.82) is 0 Å². The molecule has 2 aliphatic rings. The van der Waals surface area contributed by atoms with E-state index < -0.39 is 18.0 Å². The van der Waals surface area contributed by atoms with Gasteiger partial charge in [0.15, 0.2) is 5.65 Å². The molecule has 2 aliphatic heterocycles. The van der Waals surface area contributed by atoms with Gasteiger partial charge in [-0.25, -0.2) is 9.78 Å². The molecule has 1 aromatic carbocycles. The molecule has 1 atom stereocenters. The normalized spacial score (nSPS) is 19.2. The number of nitrogens with zero attached hydrogens (tertiary/aromatic N) is 4. The Morgan fingerprint density at radius 3 is 2.68 bits per heavy atom.